The number of pyridine rings is 1. The Balaban J connectivity index is 0.00000364. The van der Waals surface area contributed by atoms with E-state index in [1.165, 1.54) is 12.1 Å². The van der Waals surface area contributed by atoms with Gasteiger partial charge in [0.15, 0.2) is 5.96 Å². The molecule has 0 aliphatic rings. The van der Waals surface area contributed by atoms with Gasteiger partial charge in [0.2, 0.25) is 0 Å². The minimum absolute atomic E-state index is 0. The first-order valence-corrected chi connectivity index (χ1v) is 8.41. The lowest BCUT2D eigenvalue weighted by molar-refractivity contribution is -0.137. The third-order valence-corrected chi connectivity index (χ3v) is 4.04. The lowest BCUT2D eigenvalue weighted by atomic mass is 9.96. The first-order chi connectivity index (χ1) is 12.4. The van der Waals surface area contributed by atoms with Crippen molar-refractivity contribution >= 4 is 29.9 Å². The van der Waals surface area contributed by atoms with Crippen molar-refractivity contribution in [2.24, 2.45) is 4.99 Å². The molecule has 1 aromatic heterocycles. The van der Waals surface area contributed by atoms with Gasteiger partial charge in [0.05, 0.1) is 17.8 Å². The second-order valence-corrected chi connectivity index (χ2v) is 5.99. The molecule has 1 aromatic carbocycles. The molecule has 4 nitrogen and oxygen atoms in total. The van der Waals surface area contributed by atoms with E-state index in [4.69, 9.17) is 0 Å². The summed E-state index contributed by atoms with van der Waals surface area (Å²) >= 11 is 0. The predicted octanol–water partition coefficient (Wildman–Crippen LogP) is 4.58. The Morgan fingerprint density at radius 2 is 1.93 bits per heavy atom. The van der Waals surface area contributed by atoms with Crippen LogP contribution < -0.4 is 10.6 Å². The summed E-state index contributed by atoms with van der Waals surface area (Å²) in [6.07, 6.45) is -1.90. The molecule has 27 heavy (non-hydrogen) atoms. The highest BCUT2D eigenvalue weighted by atomic mass is 127. The lowest BCUT2D eigenvalue weighted by Gasteiger charge is -2.16. The van der Waals surface area contributed by atoms with Gasteiger partial charge in [0.1, 0.15) is 0 Å². The number of rotatable bonds is 6. The van der Waals surface area contributed by atoms with Crippen molar-refractivity contribution < 1.29 is 13.2 Å². The molecular weight excluding hydrogens is 468 g/mol. The van der Waals surface area contributed by atoms with Gasteiger partial charge in [-0.05, 0) is 36.1 Å². The highest BCUT2D eigenvalue weighted by Crippen LogP contribution is 2.31. The fourth-order valence-electron chi connectivity index (χ4n) is 2.49. The number of hydrogen-bond donors (Lipinski definition) is 2. The Bertz CT molecular complexity index is 720. The first-order valence-electron chi connectivity index (χ1n) is 8.41. The molecule has 1 unspecified atom stereocenters. The van der Waals surface area contributed by atoms with E-state index in [-0.39, 0.29) is 29.9 Å². The second-order valence-electron chi connectivity index (χ2n) is 5.99. The number of alkyl halides is 3. The van der Waals surface area contributed by atoms with Crippen molar-refractivity contribution in [1.82, 2.24) is 15.6 Å². The number of guanidine groups is 1. The largest absolute Gasteiger partial charge is 0.416 e. The van der Waals surface area contributed by atoms with Crippen molar-refractivity contribution in [2.75, 3.05) is 13.6 Å². The van der Waals surface area contributed by atoms with Crippen LogP contribution in [-0.4, -0.2) is 24.5 Å². The maximum atomic E-state index is 12.8. The molecule has 0 saturated heterocycles. The molecule has 0 spiro atoms. The molecule has 0 aliphatic carbocycles. The molecule has 0 radical (unpaired) electrons. The zero-order valence-electron chi connectivity index (χ0n) is 15.3. The van der Waals surface area contributed by atoms with Crippen LogP contribution in [0.5, 0.6) is 0 Å². The molecule has 0 bridgehead atoms. The monoisotopic (exact) mass is 492 g/mol. The summed E-state index contributed by atoms with van der Waals surface area (Å²) < 4.78 is 38.5. The number of aliphatic imine (C=N–C) groups is 1. The molecule has 2 aromatic rings. The zero-order chi connectivity index (χ0) is 19.0. The van der Waals surface area contributed by atoms with Crippen LogP contribution in [0.3, 0.4) is 0 Å². The quantitative estimate of drug-likeness (QED) is 0.353. The number of hydrogen-bond acceptors (Lipinski definition) is 2. The molecule has 1 atom stereocenters. The van der Waals surface area contributed by atoms with Gasteiger partial charge in [-0.3, -0.25) is 9.98 Å². The SMILES string of the molecule is CN=C(NCCC(C)c1cccc(C(F)(F)F)c1)NCc1ccccn1.I. The molecule has 0 fully saturated rings. The molecule has 2 N–H and O–H groups in total. The smallest absolute Gasteiger partial charge is 0.356 e. The van der Waals surface area contributed by atoms with Crippen LogP contribution in [0.2, 0.25) is 0 Å². The van der Waals surface area contributed by atoms with Crippen molar-refractivity contribution in [2.45, 2.75) is 32.0 Å². The third kappa shape index (κ3) is 7.74. The number of nitrogens with zero attached hydrogens (tertiary/aromatic N) is 2. The molecule has 0 saturated carbocycles. The normalized spacial score (nSPS) is 12.9. The van der Waals surface area contributed by atoms with E-state index >= 15 is 0 Å². The minimum Gasteiger partial charge on any atom is -0.356 e. The lowest BCUT2D eigenvalue weighted by Crippen LogP contribution is -2.37. The van der Waals surface area contributed by atoms with E-state index in [0.29, 0.717) is 31.0 Å². The molecule has 8 heteroatoms. The molecule has 2 rings (SSSR count). The summed E-state index contributed by atoms with van der Waals surface area (Å²) in [6.45, 7) is 3.06. The topological polar surface area (TPSA) is 49.3 Å². The Morgan fingerprint density at radius 1 is 1.15 bits per heavy atom. The van der Waals surface area contributed by atoms with Crippen molar-refractivity contribution in [3.8, 4) is 0 Å². The molecule has 0 aliphatic heterocycles. The first kappa shape index (κ1) is 23.2. The number of benzene rings is 1. The highest BCUT2D eigenvalue weighted by molar-refractivity contribution is 14.0. The summed E-state index contributed by atoms with van der Waals surface area (Å²) in [5.74, 6) is 0.630. The summed E-state index contributed by atoms with van der Waals surface area (Å²) in [6, 6.07) is 11.2. The minimum atomic E-state index is -4.31. The van der Waals surface area contributed by atoms with Gasteiger partial charge in [-0.25, -0.2) is 0 Å². The van der Waals surface area contributed by atoms with E-state index in [1.54, 1.807) is 19.3 Å². The van der Waals surface area contributed by atoms with Gasteiger partial charge < -0.3 is 10.6 Å². The maximum Gasteiger partial charge on any atom is 0.416 e. The van der Waals surface area contributed by atoms with Gasteiger partial charge in [0.25, 0.3) is 0 Å². The molecule has 0 amide bonds. The Hall–Kier alpha value is -1.84. The number of aromatic nitrogens is 1. The molecular formula is C19H24F3IN4. The number of nitrogens with one attached hydrogen (secondary N) is 2. The van der Waals surface area contributed by atoms with Gasteiger partial charge in [-0.2, -0.15) is 13.2 Å². The zero-order valence-corrected chi connectivity index (χ0v) is 17.6. The van der Waals surface area contributed by atoms with Crippen LogP contribution in [0.1, 0.15) is 36.1 Å². The van der Waals surface area contributed by atoms with Gasteiger partial charge in [-0.1, -0.05) is 31.2 Å². The Kier molecular flexibility index (Phi) is 9.54. The van der Waals surface area contributed by atoms with Crippen molar-refractivity contribution in [3.63, 3.8) is 0 Å². The number of halogens is 4. The van der Waals surface area contributed by atoms with E-state index < -0.39 is 11.7 Å². The van der Waals surface area contributed by atoms with Crippen molar-refractivity contribution in [3.05, 3.63) is 65.5 Å². The van der Waals surface area contributed by atoms with Crippen molar-refractivity contribution in [1.29, 1.82) is 0 Å². The Morgan fingerprint density at radius 3 is 2.56 bits per heavy atom. The van der Waals surface area contributed by atoms with Gasteiger partial charge in [0, 0.05) is 19.8 Å². The fourth-order valence-corrected chi connectivity index (χ4v) is 2.49. The summed E-state index contributed by atoms with van der Waals surface area (Å²) in [4.78, 5) is 8.36. The van der Waals surface area contributed by atoms with Crippen LogP contribution in [0.15, 0.2) is 53.7 Å². The van der Waals surface area contributed by atoms with Crippen LogP contribution in [0, 0.1) is 0 Å². The standard InChI is InChI=1S/C19H23F3N4.HI/c1-14(15-6-5-7-16(12-15)19(20,21)22)9-11-25-18(23-2)26-13-17-8-3-4-10-24-17;/h3-8,10,12,14H,9,11,13H2,1-2H3,(H2,23,25,26);1H. The average molecular weight is 492 g/mol. The van der Waals surface area contributed by atoms with Crippen LogP contribution in [0.25, 0.3) is 0 Å². The van der Waals surface area contributed by atoms with Crippen LogP contribution in [0.4, 0.5) is 13.2 Å². The maximum absolute atomic E-state index is 12.8. The third-order valence-electron chi connectivity index (χ3n) is 4.04. The van der Waals surface area contributed by atoms with E-state index in [9.17, 15) is 13.2 Å². The second kappa shape index (κ2) is 11.1. The summed E-state index contributed by atoms with van der Waals surface area (Å²) in [5.41, 5.74) is 0.966. The van der Waals surface area contributed by atoms with Crippen LogP contribution >= 0.6 is 24.0 Å². The summed E-state index contributed by atoms with van der Waals surface area (Å²) in [7, 11) is 1.67. The average Bonchev–Trinajstić information content (AvgIpc) is 2.64. The fraction of sp³-hybridized carbons (Fsp3) is 0.368. The van der Waals surface area contributed by atoms with E-state index in [1.807, 2.05) is 25.1 Å². The van der Waals surface area contributed by atoms with Gasteiger partial charge in [-0.15, -0.1) is 24.0 Å². The predicted molar refractivity (Wildman–Crippen MR) is 112 cm³/mol. The summed E-state index contributed by atoms with van der Waals surface area (Å²) in [5, 5.41) is 6.33. The van der Waals surface area contributed by atoms with E-state index in [0.717, 1.165) is 11.8 Å². The molecule has 148 valence electrons. The Labute approximate surface area is 174 Å². The van der Waals surface area contributed by atoms with E-state index in [2.05, 4.69) is 20.6 Å². The van der Waals surface area contributed by atoms with Gasteiger partial charge >= 0.3 is 6.18 Å². The highest BCUT2D eigenvalue weighted by Gasteiger charge is 2.30. The van der Waals surface area contributed by atoms with Crippen LogP contribution in [-0.2, 0) is 12.7 Å². The molecule has 1 heterocycles.